The van der Waals surface area contributed by atoms with E-state index in [0.717, 1.165) is 44.1 Å². The number of hydrogen-bond donors (Lipinski definition) is 0. The summed E-state index contributed by atoms with van der Waals surface area (Å²) in [5.74, 6) is 0.249. The lowest BCUT2D eigenvalue weighted by atomic mass is 9.81. The highest BCUT2D eigenvalue weighted by Gasteiger charge is 2.32. The molecule has 1 unspecified atom stereocenters. The van der Waals surface area contributed by atoms with Gasteiger partial charge in [-0.25, -0.2) is 4.79 Å². The maximum atomic E-state index is 13.5. The van der Waals surface area contributed by atoms with Crippen molar-refractivity contribution in [1.29, 1.82) is 0 Å². The predicted octanol–water partition coefficient (Wildman–Crippen LogP) is 5.39. The number of cyclic esters (lactones) is 1. The number of rotatable bonds is 3. The Balaban J connectivity index is 1.56. The summed E-state index contributed by atoms with van der Waals surface area (Å²) in [6.45, 7) is 3.45. The van der Waals surface area contributed by atoms with Gasteiger partial charge in [-0.2, -0.15) is 13.2 Å². The number of alkyl halides is 3. The molecule has 0 spiro atoms. The van der Waals surface area contributed by atoms with Crippen molar-refractivity contribution >= 4 is 11.8 Å². The van der Waals surface area contributed by atoms with E-state index in [2.05, 4.69) is 0 Å². The Morgan fingerprint density at radius 2 is 1.82 bits per heavy atom. The van der Waals surface area contributed by atoms with Crippen molar-refractivity contribution in [3.63, 3.8) is 0 Å². The van der Waals surface area contributed by atoms with Crippen molar-refractivity contribution in [2.24, 2.45) is 11.8 Å². The Bertz CT molecular complexity index is 986. The monoisotopic (exact) mass is 462 g/mol. The molecule has 33 heavy (non-hydrogen) atoms. The van der Waals surface area contributed by atoms with Crippen LogP contribution in [0.4, 0.5) is 13.2 Å². The van der Waals surface area contributed by atoms with Gasteiger partial charge < -0.3 is 9.47 Å². The van der Waals surface area contributed by atoms with Gasteiger partial charge in [-0.1, -0.05) is 12.1 Å². The second-order valence-electron chi connectivity index (χ2n) is 9.22. The number of Topliss-reactive ketones (excluding diaryl/α,β-unsaturated/α-hetero) is 1. The van der Waals surface area contributed by atoms with Crippen molar-refractivity contribution in [3.05, 3.63) is 57.7 Å². The van der Waals surface area contributed by atoms with E-state index in [1.807, 2.05) is 0 Å². The van der Waals surface area contributed by atoms with Crippen molar-refractivity contribution in [2.75, 3.05) is 19.8 Å². The van der Waals surface area contributed by atoms with E-state index in [9.17, 15) is 22.8 Å². The van der Waals surface area contributed by atoms with Gasteiger partial charge >= 0.3 is 12.1 Å². The number of allylic oxidation sites excluding steroid dienone is 3. The van der Waals surface area contributed by atoms with Crippen LogP contribution in [0.15, 0.2) is 41.0 Å². The zero-order chi connectivity index (χ0) is 23.6. The standard InChI is InChI=1S/C26H29F3O4/c1-16-23(11-9-17(21-14-32-15-21)3-2-12-33-25(16)31)24(30)19-5-4-18-8-10-22(26(27,28)29)13-20(18)7-6-19/h6,8,10,13,17,21H,2-5,7,9,11-12,14-15H2,1H3. The van der Waals surface area contributed by atoms with Crippen LogP contribution >= 0.6 is 0 Å². The lowest BCUT2D eigenvalue weighted by Crippen LogP contribution is -2.35. The third kappa shape index (κ3) is 5.40. The van der Waals surface area contributed by atoms with Crippen LogP contribution in [0.5, 0.6) is 0 Å². The molecule has 0 radical (unpaired) electrons. The first-order chi connectivity index (χ1) is 15.7. The quantitative estimate of drug-likeness (QED) is 0.566. The van der Waals surface area contributed by atoms with Crippen LogP contribution in [0, 0.1) is 11.8 Å². The topological polar surface area (TPSA) is 52.6 Å². The summed E-state index contributed by atoms with van der Waals surface area (Å²) in [6.07, 6.45) is 1.55. The zero-order valence-electron chi connectivity index (χ0n) is 18.8. The summed E-state index contributed by atoms with van der Waals surface area (Å²) < 4.78 is 50.1. The van der Waals surface area contributed by atoms with E-state index in [1.165, 1.54) is 12.1 Å². The average molecular weight is 463 g/mol. The summed E-state index contributed by atoms with van der Waals surface area (Å²) >= 11 is 0. The summed E-state index contributed by atoms with van der Waals surface area (Å²) in [5.41, 5.74) is 2.11. The molecule has 3 aliphatic rings. The van der Waals surface area contributed by atoms with E-state index >= 15 is 0 Å². The molecule has 0 N–H and O–H groups in total. The van der Waals surface area contributed by atoms with Gasteiger partial charge in [0.05, 0.1) is 25.4 Å². The summed E-state index contributed by atoms with van der Waals surface area (Å²) in [5, 5.41) is 0. The zero-order valence-corrected chi connectivity index (χ0v) is 18.8. The fraction of sp³-hybridized carbons (Fsp3) is 0.538. The molecule has 0 amide bonds. The molecule has 2 aliphatic heterocycles. The lowest BCUT2D eigenvalue weighted by molar-refractivity contribution is -0.140. The van der Waals surface area contributed by atoms with Crippen LogP contribution in [0.3, 0.4) is 0 Å². The Morgan fingerprint density at radius 1 is 1.03 bits per heavy atom. The van der Waals surface area contributed by atoms with Crippen molar-refractivity contribution < 1.29 is 32.2 Å². The highest BCUT2D eigenvalue weighted by molar-refractivity contribution is 6.12. The van der Waals surface area contributed by atoms with E-state index < -0.39 is 17.7 Å². The molecule has 1 aromatic carbocycles. The lowest BCUT2D eigenvalue weighted by Gasteiger charge is -2.34. The van der Waals surface area contributed by atoms with Gasteiger partial charge in [-0.05, 0) is 86.6 Å². The molecule has 4 rings (SSSR count). The van der Waals surface area contributed by atoms with E-state index in [4.69, 9.17) is 9.47 Å². The number of ketones is 1. The number of aryl methyl sites for hydroxylation is 1. The number of carbonyl (C=O) groups excluding carboxylic acids is 2. The minimum absolute atomic E-state index is 0.183. The van der Waals surface area contributed by atoms with Crippen LogP contribution in [-0.4, -0.2) is 31.6 Å². The smallest absolute Gasteiger partial charge is 0.416 e. The van der Waals surface area contributed by atoms with Gasteiger partial charge in [0, 0.05) is 17.1 Å². The van der Waals surface area contributed by atoms with E-state index in [1.54, 1.807) is 13.0 Å². The SMILES string of the molecule is CC1=C(C(=O)C2=CCc3cc(C(F)(F)F)ccc3CC2)CCC(C2COC2)CCCOC1=O. The predicted molar refractivity (Wildman–Crippen MR) is 116 cm³/mol. The van der Waals surface area contributed by atoms with Gasteiger partial charge in [0.1, 0.15) is 0 Å². The molecular weight excluding hydrogens is 433 g/mol. The van der Waals surface area contributed by atoms with Gasteiger partial charge in [-0.3, -0.25) is 4.79 Å². The Hall–Kier alpha value is -2.41. The van der Waals surface area contributed by atoms with Gasteiger partial charge in [0.25, 0.3) is 0 Å². The van der Waals surface area contributed by atoms with Crippen LogP contribution in [0.25, 0.3) is 0 Å². The van der Waals surface area contributed by atoms with Crippen LogP contribution in [-0.2, 0) is 38.1 Å². The molecule has 178 valence electrons. The van der Waals surface area contributed by atoms with Gasteiger partial charge in [0.15, 0.2) is 5.78 Å². The second-order valence-corrected chi connectivity index (χ2v) is 9.22. The normalized spacial score (nSPS) is 23.1. The Morgan fingerprint density at radius 3 is 2.52 bits per heavy atom. The molecule has 1 saturated heterocycles. The largest absolute Gasteiger partial charge is 0.462 e. The number of esters is 1. The molecule has 1 aliphatic carbocycles. The first-order valence-electron chi connectivity index (χ1n) is 11.6. The van der Waals surface area contributed by atoms with Gasteiger partial charge in [0.2, 0.25) is 0 Å². The van der Waals surface area contributed by atoms with Crippen molar-refractivity contribution in [3.8, 4) is 0 Å². The summed E-state index contributed by atoms with van der Waals surface area (Å²) in [4.78, 5) is 26.0. The summed E-state index contributed by atoms with van der Waals surface area (Å²) in [7, 11) is 0. The minimum atomic E-state index is -4.40. The van der Waals surface area contributed by atoms with Crippen molar-refractivity contribution in [1.82, 2.24) is 0 Å². The number of benzene rings is 1. The molecule has 0 aromatic heterocycles. The molecule has 7 heteroatoms. The average Bonchev–Trinajstić information content (AvgIpc) is 2.95. The molecular formula is C26H29F3O4. The molecule has 1 aromatic rings. The first kappa shape index (κ1) is 23.7. The third-order valence-corrected chi connectivity index (χ3v) is 7.14. The fourth-order valence-corrected chi connectivity index (χ4v) is 4.93. The molecule has 0 saturated carbocycles. The minimum Gasteiger partial charge on any atom is -0.462 e. The Kier molecular flexibility index (Phi) is 7.07. The highest BCUT2D eigenvalue weighted by atomic mass is 19.4. The molecule has 2 heterocycles. The number of halogens is 3. The number of ether oxygens (including phenoxy) is 2. The highest BCUT2D eigenvalue weighted by Crippen LogP contribution is 2.35. The van der Waals surface area contributed by atoms with E-state index in [0.29, 0.717) is 60.0 Å². The third-order valence-electron chi connectivity index (χ3n) is 7.14. The molecule has 0 bridgehead atoms. The number of carbonyl (C=O) groups is 2. The first-order valence-corrected chi connectivity index (χ1v) is 11.6. The second kappa shape index (κ2) is 9.84. The van der Waals surface area contributed by atoms with Crippen LogP contribution in [0.2, 0.25) is 0 Å². The van der Waals surface area contributed by atoms with Gasteiger partial charge in [-0.15, -0.1) is 0 Å². The van der Waals surface area contributed by atoms with Crippen molar-refractivity contribution in [2.45, 2.75) is 58.0 Å². The maximum Gasteiger partial charge on any atom is 0.416 e. The molecule has 4 nitrogen and oxygen atoms in total. The Labute approximate surface area is 191 Å². The van der Waals surface area contributed by atoms with Crippen LogP contribution in [0.1, 0.15) is 55.7 Å². The van der Waals surface area contributed by atoms with E-state index in [-0.39, 0.29) is 12.2 Å². The maximum absolute atomic E-state index is 13.5. The number of fused-ring (bicyclic) bond motifs is 1. The fourth-order valence-electron chi connectivity index (χ4n) is 4.93. The van der Waals surface area contributed by atoms with Crippen LogP contribution < -0.4 is 0 Å². The molecule has 1 atom stereocenters. The summed E-state index contributed by atoms with van der Waals surface area (Å²) in [6, 6.07) is 3.78. The number of hydrogen-bond acceptors (Lipinski definition) is 4. The molecule has 1 fully saturated rings.